The second-order valence-corrected chi connectivity index (χ2v) is 6.79. The standard InChI is InChI=1S/C20H21ClN2/c1-12-5-7-16(14(3)9-12)18-11-19(22-23-20(18)21)17-8-6-13(2)10-15(17)4/h5-10,18H,11H2,1-4H3. The fourth-order valence-corrected chi connectivity index (χ4v) is 3.48. The van der Waals surface area contributed by atoms with Crippen molar-refractivity contribution in [2.45, 2.75) is 40.0 Å². The topological polar surface area (TPSA) is 24.7 Å². The maximum atomic E-state index is 6.39. The second kappa shape index (κ2) is 6.29. The van der Waals surface area contributed by atoms with Crippen molar-refractivity contribution in [3.05, 3.63) is 69.8 Å². The minimum atomic E-state index is 0.0884. The van der Waals surface area contributed by atoms with E-state index in [1.54, 1.807) is 0 Å². The van der Waals surface area contributed by atoms with E-state index in [0.717, 1.165) is 12.1 Å². The molecule has 3 rings (SSSR count). The molecule has 3 heteroatoms. The van der Waals surface area contributed by atoms with Gasteiger partial charge in [0, 0.05) is 17.9 Å². The zero-order chi connectivity index (χ0) is 16.6. The highest BCUT2D eigenvalue weighted by atomic mass is 35.5. The van der Waals surface area contributed by atoms with Gasteiger partial charge in [0.05, 0.1) is 5.71 Å². The summed E-state index contributed by atoms with van der Waals surface area (Å²) in [5.74, 6) is 0.0884. The van der Waals surface area contributed by atoms with Gasteiger partial charge in [-0.1, -0.05) is 59.1 Å². The van der Waals surface area contributed by atoms with Crippen molar-refractivity contribution in [3.63, 3.8) is 0 Å². The molecule has 0 bridgehead atoms. The van der Waals surface area contributed by atoms with Crippen LogP contribution in [0.3, 0.4) is 0 Å². The summed E-state index contributed by atoms with van der Waals surface area (Å²) in [5, 5.41) is 9.18. The Bertz CT molecular complexity index is 818. The van der Waals surface area contributed by atoms with Crippen molar-refractivity contribution < 1.29 is 0 Å². The number of rotatable bonds is 2. The Morgan fingerprint density at radius 3 is 2.17 bits per heavy atom. The number of aryl methyl sites for hydroxylation is 4. The number of hydrogen-bond acceptors (Lipinski definition) is 2. The van der Waals surface area contributed by atoms with Crippen LogP contribution in [-0.4, -0.2) is 10.9 Å². The molecule has 23 heavy (non-hydrogen) atoms. The average molecular weight is 325 g/mol. The first-order valence-corrected chi connectivity index (χ1v) is 8.28. The summed E-state index contributed by atoms with van der Waals surface area (Å²) in [4.78, 5) is 0. The summed E-state index contributed by atoms with van der Waals surface area (Å²) < 4.78 is 0. The normalized spacial score (nSPS) is 17.7. The molecule has 0 amide bonds. The predicted octanol–water partition coefficient (Wildman–Crippen LogP) is 5.45. The van der Waals surface area contributed by atoms with Crippen molar-refractivity contribution in [1.82, 2.24) is 0 Å². The molecular weight excluding hydrogens is 304 g/mol. The Kier molecular flexibility index (Phi) is 4.36. The number of benzene rings is 2. The Morgan fingerprint density at radius 1 is 0.870 bits per heavy atom. The molecule has 0 saturated carbocycles. The Labute approximate surface area is 142 Å². The van der Waals surface area contributed by atoms with Gasteiger partial charge in [-0.2, -0.15) is 5.10 Å². The molecule has 2 nitrogen and oxygen atoms in total. The third-order valence-corrected chi connectivity index (χ3v) is 4.78. The van der Waals surface area contributed by atoms with Gasteiger partial charge in [0.25, 0.3) is 0 Å². The summed E-state index contributed by atoms with van der Waals surface area (Å²) in [6.45, 7) is 8.47. The van der Waals surface area contributed by atoms with Crippen LogP contribution < -0.4 is 0 Å². The smallest absolute Gasteiger partial charge is 0.136 e. The van der Waals surface area contributed by atoms with Crippen molar-refractivity contribution in [3.8, 4) is 0 Å². The Morgan fingerprint density at radius 2 is 1.52 bits per heavy atom. The molecule has 0 N–H and O–H groups in total. The van der Waals surface area contributed by atoms with Crippen molar-refractivity contribution in [2.75, 3.05) is 0 Å². The van der Waals surface area contributed by atoms with Crippen LogP contribution in [0.15, 0.2) is 46.6 Å². The van der Waals surface area contributed by atoms with Crippen LogP contribution in [0.1, 0.15) is 45.7 Å². The molecule has 0 fully saturated rings. The minimum absolute atomic E-state index is 0.0884. The lowest BCUT2D eigenvalue weighted by Gasteiger charge is -2.22. The Hall–Kier alpha value is -1.93. The quantitative estimate of drug-likeness (QED) is 0.701. The lowest BCUT2D eigenvalue weighted by Crippen LogP contribution is -2.19. The molecule has 1 atom stereocenters. The van der Waals surface area contributed by atoms with Crippen LogP contribution in [0.5, 0.6) is 0 Å². The van der Waals surface area contributed by atoms with E-state index in [4.69, 9.17) is 11.6 Å². The average Bonchev–Trinajstić information content (AvgIpc) is 2.49. The van der Waals surface area contributed by atoms with Crippen LogP contribution in [-0.2, 0) is 0 Å². The van der Waals surface area contributed by atoms with Gasteiger partial charge in [0.15, 0.2) is 0 Å². The lowest BCUT2D eigenvalue weighted by molar-refractivity contribution is 0.898. The van der Waals surface area contributed by atoms with Crippen LogP contribution in [0, 0.1) is 27.7 Å². The van der Waals surface area contributed by atoms with Crippen LogP contribution >= 0.6 is 11.6 Å². The van der Waals surface area contributed by atoms with Gasteiger partial charge in [-0.25, -0.2) is 0 Å². The highest BCUT2D eigenvalue weighted by Crippen LogP contribution is 2.32. The third-order valence-electron chi connectivity index (χ3n) is 4.44. The molecule has 0 aliphatic carbocycles. The zero-order valence-corrected chi connectivity index (χ0v) is 14.8. The first-order chi connectivity index (χ1) is 11.0. The van der Waals surface area contributed by atoms with Crippen molar-refractivity contribution >= 4 is 22.5 Å². The van der Waals surface area contributed by atoms with Crippen LogP contribution in [0.2, 0.25) is 0 Å². The van der Waals surface area contributed by atoms with Gasteiger partial charge in [0.2, 0.25) is 0 Å². The van der Waals surface area contributed by atoms with Gasteiger partial charge in [-0.3, -0.25) is 0 Å². The molecule has 0 spiro atoms. The summed E-state index contributed by atoms with van der Waals surface area (Å²) in [6, 6.07) is 12.9. The first kappa shape index (κ1) is 15.9. The van der Waals surface area contributed by atoms with Crippen LogP contribution in [0.25, 0.3) is 0 Å². The van der Waals surface area contributed by atoms with E-state index in [0.29, 0.717) is 5.17 Å². The van der Waals surface area contributed by atoms with E-state index in [2.05, 4.69) is 74.3 Å². The number of nitrogens with zero attached hydrogens (tertiary/aromatic N) is 2. The van der Waals surface area contributed by atoms with Crippen molar-refractivity contribution in [2.24, 2.45) is 10.2 Å². The molecule has 0 radical (unpaired) electrons. The second-order valence-electron chi connectivity index (χ2n) is 6.40. The highest BCUT2D eigenvalue weighted by Gasteiger charge is 2.25. The maximum absolute atomic E-state index is 6.39. The van der Waals surface area contributed by atoms with Crippen molar-refractivity contribution in [1.29, 1.82) is 0 Å². The molecule has 1 unspecified atom stereocenters. The summed E-state index contributed by atoms with van der Waals surface area (Å²) in [7, 11) is 0. The molecule has 2 aromatic carbocycles. The minimum Gasteiger partial charge on any atom is -0.154 e. The first-order valence-electron chi connectivity index (χ1n) is 7.90. The summed E-state index contributed by atoms with van der Waals surface area (Å²) in [5.41, 5.74) is 8.42. The SMILES string of the molecule is Cc1ccc(C2=NN=C(Cl)C(c3ccc(C)cc3C)C2)c(C)c1. The largest absolute Gasteiger partial charge is 0.154 e. The van der Waals surface area contributed by atoms with Crippen LogP contribution in [0.4, 0.5) is 0 Å². The molecule has 2 aromatic rings. The van der Waals surface area contributed by atoms with E-state index in [9.17, 15) is 0 Å². The van der Waals surface area contributed by atoms with E-state index < -0.39 is 0 Å². The molecule has 0 aromatic heterocycles. The fraction of sp³-hybridized carbons (Fsp3) is 0.300. The highest BCUT2D eigenvalue weighted by molar-refractivity contribution is 6.67. The molecule has 1 heterocycles. The van der Waals surface area contributed by atoms with E-state index in [-0.39, 0.29) is 5.92 Å². The zero-order valence-electron chi connectivity index (χ0n) is 14.0. The Balaban J connectivity index is 1.98. The maximum Gasteiger partial charge on any atom is 0.136 e. The van der Waals surface area contributed by atoms with E-state index in [1.807, 2.05) is 0 Å². The van der Waals surface area contributed by atoms with Gasteiger partial charge in [0.1, 0.15) is 5.17 Å². The predicted molar refractivity (Wildman–Crippen MR) is 99.0 cm³/mol. The number of hydrogen-bond donors (Lipinski definition) is 0. The monoisotopic (exact) mass is 324 g/mol. The van der Waals surface area contributed by atoms with Gasteiger partial charge in [-0.05, 0) is 44.4 Å². The summed E-state index contributed by atoms with van der Waals surface area (Å²) >= 11 is 6.39. The molecule has 0 saturated heterocycles. The molecular formula is C20H21ClN2. The lowest BCUT2D eigenvalue weighted by atomic mass is 9.87. The summed E-state index contributed by atoms with van der Waals surface area (Å²) in [6.07, 6.45) is 0.788. The third kappa shape index (κ3) is 3.23. The molecule has 1 aliphatic rings. The van der Waals surface area contributed by atoms with Gasteiger partial charge in [-0.15, -0.1) is 5.10 Å². The fourth-order valence-electron chi connectivity index (χ4n) is 3.25. The van der Waals surface area contributed by atoms with E-state index >= 15 is 0 Å². The molecule has 1 aliphatic heterocycles. The number of halogens is 1. The van der Waals surface area contributed by atoms with E-state index in [1.165, 1.54) is 33.4 Å². The molecule has 118 valence electrons. The van der Waals surface area contributed by atoms with Gasteiger partial charge < -0.3 is 0 Å². The van der Waals surface area contributed by atoms with Gasteiger partial charge >= 0.3 is 0 Å².